The lowest BCUT2D eigenvalue weighted by atomic mass is 10.2. The summed E-state index contributed by atoms with van der Waals surface area (Å²) in [6.07, 6.45) is 6.96. The van der Waals surface area contributed by atoms with Crippen LogP contribution in [-0.4, -0.2) is 25.0 Å². The van der Waals surface area contributed by atoms with E-state index in [0.717, 1.165) is 25.9 Å². The normalized spacial score (nSPS) is 12.1. The van der Waals surface area contributed by atoms with Crippen molar-refractivity contribution < 1.29 is 0 Å². The number of hydrogen-bond acceptors (Lipinski definition) is 2. The summed E-state index contributed by atoms with van der Waals surface area (Å²) in [5.41, 5.74) is 0. The molecular weight excluding hydrogens is 148 g/mol. The molecule has 0 saturated heterocycles. The maximum Gasteiger partial charge on any atom is 0.0666 e. The highest BCUT2D eigenvalue weighted by Crippen LogP contribution is 1.97. The van der Waals surface area contributed by atoms with Crippen LogP contribution >= 0.6 is 0 Å². The fourth-order valence-corrected chi connectivity index (χ4v) is 1.05. The van der Waals surface area contributed by atoms with E-state index in [0.29, 0.717) is 0 Å². The van der Waals surface area contributed by atoms with Crippen molar-refractivity contribution in [2.24, 2.45) is 5.92 Å². The quantitative estimate of drug-likeness (QED) is 0.454. The highest BCUT2D eigenvalue weighted by molar-refractivity contribution is 4.84. The van der Waals surface area contributed by atoms with Gasteiger partial charge in [-0.2, -0.15) is 5.26 Å². The molecule has 0 rings (SSSR count). The predicted octanol–water partition coefficient (Wildman–Crippen LogP) is 1.49. The van der Waals surface area contributed by atoms with Crippen LogP contribution in [0.2, 0.25) is 0 Å². The Bertz CT molecular complexity index is 185. The summed E-state index contributed by atoms with van der Waals surface area (Å²) < 4.78 is 0. The first-order chi connectivity index (χ1) is 5.70. The van der Waals surface area contributed by atoms with Gasteiger partial charge in [0.15, 0.2) is 0 Å². The van der Waals surface area contributed by atoms with Gasteiger partial charge in [0.1, 0.15) is 0 Å². The van der Waals surface area contributed by atoms with Crippen molar-refractivity contribution in [1.29, 1.82) is 5.26 Å². The average Bonchev–Trinajstić information content (AvgIpc) is 2.05. The highest BCUT2D eigenvalue weighted by Gasteiger charge is 2.03. The molecule has 1 unspecified atom stereocenters. The molecule has 0 N–H and O–H groups in total. The molecule has 0 spiro atoms. The zero-order valence-corrected chi connectivity index (χ0v) is 7.88. The van der Waals surface area contributed by atoms with Crippen molar-refractivity contribution in [3.63, 3.8) is 0 Å². The largest absolute Gasteiger partial charge is 0.305 e. The van der Waals surface area contributed by atoms with Gasteiger partial charge in [-0.1, -0.05) is 0 Å². The molecule has 2 heteroatoms. The second-order valence-corrected chi connectivity index (χ2v) is 3.10. The molecule has 0 aliphatic rings. The summed E-state index contributed by atoms with van der Waals surface area (Å²) in [5, 5.41) is 8.55. The van der Waals surface area contributed by atoms with Crippen molar-refractivity contribution in [3.05, 3.63) is 0 Å². The minimum absolute atomic E-state index is 0.112. The summed E-state index contributed by atoms with van der Waals surface area (Å²) in [5.74, 6) is 2.71. The molecule has 0 aliphatic carbocycles. The van der Waals surface area contributed by atoms with Crippen LogP contribution in [0, 0.1) is 29.6 Å². The zero-order valence-electron chi connectivity index (χ0n) is 7.88. The van der Waals surface area contributed by atoms with E-state index in [2.05, 4.69) is 16.9 Å². The molecule has 0 heterocycles. The average molecular weight is 164 g/mol. The van der Waals surface area contributed by atoms with Gasteiger partial charge in [-0.3, -0.25) is 0 Å². The van der Waals surface area contributed by atoms with Gasteiger partial charge in [0.2, 0.25) is 0 Å². The van der Waals surface area contributed by atoms with Gasteiger partial charge in [-0.25, -0.2) is 0 Å². The third kappa shape index (κ3) is 5.77. The lowest BCUT2D eigenvalue weighted by Crippen LogP contribution is -2.24. The van der Waals surface area contributed by atoms with Crippen LogP contribution in [-0.2, 0) is 0 Å². The number of nitrogens with zero attached hydrogens (tertiary/aromatic N) is 2. The Kier molecular flexibility index (Phi) is 6.15. The van der Waals surface area contributed by atoms with Crippen molar-refractivity contribution in [3.8, 4) is 18.4 Å². The first kappa shape index (κ1) is 11.0. The molecule has 0 amide bonds. The van der Waals surface area contributed by atoms with Gasteiger partial charge >= 0.3 is 0 Å². The van der Waals surface area contributed by atoms with Crippen LogP contribution in [0.5, 0.6) is 0 Å². The molecule has 0 fully saturated rings. The molecule has 0 aromatic rings. The number of hydrogen-bond donors (Lipinski definition) is 0. The fraction of sp³-hybridized carbons (Fsp3) is 0.700. The third-order valence-corrected chi connectivity index (χ3v) is 1.67. The Morgan fingerprint density at radius 3 is 2.75 bits per heavy atom. The van der Waals surface area contributed by atoms with Crippen molar-refractivity contribution in [1.82, 2.24) is 4.90 Å². The maximum absolute atomic E-state index is 8.55. The first-order valence-corrected chi connectivity index (χ1v) is 4.22. The number of terminal acetylenes is 1. The van der Waals surface area contributed by atoms with Gasteiger partial charge < -0.3 is 4.90 Å². The van der Waals surface area contributed by atoms with Crippen LogP contribution < -0.4 is 0 Å². The summed E-state index contributed by atoms with van der Waals surface area (Å²) in [4.78, 5) is 2.14. The van der Waals surface area contributed by atoms with Crippen LogP contribution in [0.15, 0.2) is 0 Å². The molecule has 0 bridgehead atoms. The minimum Gasteiger partial charge on any atom is -0.305 e. The van der Waals surface area contributed by atoms with E-state index in [1.165, 1.54) is 0 Å². The Morgan fingerprint density at radius 1 is 1.58 bits per heavy atom. The molecule has 1 atom stereocenters. The topological polar surface area (TPSA) is 27.0 Å². The third-order valence-electron chi connectivity index (χ3n) is 1.67. The molecule has 0 aliphatic heterocycles. The van der Waals surface area contributed by atoms with Crippen molar-refractivity contribution in [2.45, 2.75) is 19.8 Å². The molecule has 2 nitrogen and oxygen atoms in total. The van der Waals surface area contributed by atoms with Crippen LogP contribution in [0.25, 0.3) is 0 Å². The van der Waals surface area contributed by atoms with E-state index >= 15 is 0 Å². The smallest absolute Gasteiger partial charge is 0.0666 e. The van der Waals surface area contributed by atoms with E-state index in [1.54, 1.807) is 0 Å². The summed E-state index contributed by atoms with van der Waals surface area (Å²) in [6, 6.07) is 2.20. The molecule has 0 saturated carbocycles. The lowest BCUT2D eigenvalue weighted by molar-refractivity contribution is 0.308. The van der Waals surface area contributed by atoms with Gasteiger partial charge in [0, 0.05) is 13.0 Å². The minimum atomic E-state index is 0.112. The van der Waals surface area contributed by atoms with Crippen LogP contribution in [0.4, 0.5) is 0 Å². The number of rotatable bonds is 5. The van der Waals surface area contributed by atoms with Gasteiger partial charge in [0.05, 0.1) is 12.0 Å². The number of unbranched alkanes of at least 4 members (excludes halogenated alkanes) is 1. The Morgan fingerprint density at radius 2 is 2.25 bits per heavy atom. The fourth-order valence-electron chi connectivity index (χ4n) is 1.05. The Hall–Kier alpha value is -0.990. The molecule has 0 aromatic carbocycles. The Labute approximate surface area is 75.2 Å². The second kappa shape index (κ2) is 6.70. The summed E-state index contributed by atoms with van der Waals surface area (Å²) in [7, 11) is 2.02. The highest BCUT2D eigenvalue weighted by atomic mass is 15.1. The van der Waals surface area contributed by atoms with E-state index in [-0.39, 0.29) is 5.92 Å². The molecule has 0 radical (unpaired) electrons. The monoisotopic (exact) mass is 164 g/mol. The summed E-state index contributed by atoms with van der Waals surface area (Å²) >= 11 is 0. The molecule has 66 valence electrons. The lowest BCUT2D eigenvalue weighted by Gasteiger charge is -2.16. The molecule has 0 aromatic heterocycles. The van der Waals surface area contributed by atoms with Crippen LogP contribution in [0.3, 0.4) is 0 Å². The Balaban J connectivity index is 3.42. The molecular formula is C10H16N2. The molecule has 12 heavy (non-hydrogen) atoms. The number of nitriles is 1. The van der Waals surface area contributed by atoms with Gasteiger partial charge in [-0.05, 0) is 26.9 Å². The predicted molar refractivity (Wildman–Crippen MR) is 50.3 cm³/mol. The van der Waals surface area contributed by atoms with E-state index in [9.17, 15) is 0 Å². The van der Waals surface area contributed by atoms with E-state index in [1.807, 2.05) is 14.0 Å². The van der Waals surface area contributed by atoms with E-state index < -0.39 is 0 Å². The van der Waals surface area contributed by atoms with E-state index in [4.69, 9.17) is 11.7 Å². The maximum atomic E-state index is 8.55. The second-order valence-electron chi connectivity index (χ2n) is 3.10. The van der Waals surface area contributed by atoms with Gasteiger partial charge in [0.25, 0.3) is 0 Å². The van der Waals surface area contributed by atoms with Crippen LogP contribution in [0.1, 0.15) is 19.8 Å². The first-order valence-electron chi connectivity index (χ1n) is 4.22. The summed E-state index contributed by atoms with van der Waals surface area (Å²) in [6.45, 7) is 3.75. The standard InChI is InChI=1S/C10H16N2/c1-4-5-6-7-12(3)9-10(2)8-11/h1,10H,5-7,9H2,2-3H3. The van der Waals surface area contributed by atoms with Crippen molar-refractivity contribution in [2.75, 3.05) is 20.1 Å². The zero-order chi connectivity index (χ0) is 9.40. The van der Waals surface area contributed by atoms with Gasteiger partial charge in [-0.15, -0.1) is 12.3 Å². The van der Waals surface area contributed by atoms with Crippen molar-refractivity contribution >= 4 is 0 Å². The SMILES string of the molecule is C#CCCCN(C)CC(C)C#N.